The highest BCUT2D eigenvalue weighted by molar-refractivity contribution is 9.09. The average molecular weight is 214 g/mol. The Balaban J connectivity index is 4.34. The van der Waals surface area contributed by atoms with Crippen molar-refractivity contribution >= 4 is 15.9 Å². The Labute approximate surface area is 76.5 Å². The maximum Gasteiger partial charge on any atom is 0.0634 e. The molecule has 0 aliphatic rings. The summed E-state index contributed by atoms with van der Waals surface area (Å²) in [5, 5.41) is 9.40. The number of nitrogens with zero attached hydrogens (tertiary/aromatic N) is 1. The molecule has 0 rings (SSSR count). The Morgan fingerprint density at radius 3 is 2.27 bits per heavy atom. The standard InChI is InChI=1S/C9H12BrN/c1-3-9(4-2,5-7-10)6-8-11/h3-4H,1-2,5-7H2. The molecule has 11 heavy (non-hydrogen) atoms. The van der Waals surface area contributed by atoms with Crippen LogP contribution in [0.3, 0.4) is 0 Å². The second-order valence-electron chi connectivity index (χ2n) is 2.42. The number of halogens is 1. The topological polar surface area (TPSA) is 23.8 Å². The number of hydrogen-bond donors (Lipinski definition) is 0. The molecule has 0 aromatic rings. The van der Waals surface area contributed by atoms with E-state index >= 15 is 0 Å². The lowest BCUT2D eigenvalue weighted by Crippen LogP contribution is -2.13. The molecule has 0 fully saturated rings. The zero-order valence-electron chi connectivity index (χ0n) is 6.52. The van der Waals surface area contributed by atoms with Crippen LogP contribution in [0.25, 0.3) is 0 Å². The summed E-state index contributed by atoms with van der Waals surface area (Å²) in [4.78, 5) is 0. The van der Waals surface area contributed by atoms with E-state index in [9.17, 15) is 0 Å². The summed E-state index contributed by atoms with van der Waals surface area (Å²) in [5.74, 6) is 0. The number of rotatable bonds is 5. The van der Waals surface area contributed by atoms with Crippen molar-refractivity contribution in [1.82, 2.24) is 0 Å². The first-order valence-electron chi connectivity index (χ1n) is 3.45. The Kier molecular flexibility index (Phi) is 4.89. The van der Waals surface area contributed by atoms with E-state index in [0.29, 0.717) is 6.42 Å². The van der Waals surface area contributed by atoms with E-state index in [-0.39, 0.29) is 5.41 Å². The van der Waals surface area contributed by atoms with Crippen molar-refractivity contribution in [3.05, 3.63) is 25.3 Å². The predicted octanol–water partition coefficient (Wildman–Crippen LogP) is 3.04. The highest BCUT2D eigenvalue weighted by Gasteiger charge is 2.20. The average Bonchev–Trinajstić information content (AvgIpc) is 2.04. The van der Waals surface area contributed by atoms with Gasteiger partial charge in [-0.1, -0.05) is 28.1 Å². The third-order valence-electron chi connectivity index (χ3n) is 1.78. The van der Waals surface area contributed by atoms with Gasteiger partial charge in [-0.25, -0.2) is 0 Å². The fourth-order valence-electron chi connectivity index (χ4n) is 0.843. The van der Waals surface area contributed by atoms with Crippen molar-refractivity contribution in [2.24, 2.45) is 5.41 Å². The molecule has 0 aliphatic carbocycles. The molecular weight excluding hydrogens is 202 g/mol. The second kappa shape index (κ2) is 5.15. The molecule has 1 nitrogen and oxygen atoms in total. The van der Waals surface area contributed by atoms with Gasteiger partial charge in [0.2, 0.25) is 0 Å². The van der Waals surface area contributed by atoms with Gasteiger partial charge in [-0.3, -0.25) is 0 Å². The molecule has 0 spiro atoms. The maximum atomic E-state index is 8.53. The zero-order valence-corrected chi connectivity index (χ0v) is 8.10. The van der Waals surface area contributed by atoms with Gasteiger partial charge in [-0.05, 0) is 6.42 Å². The third kappa shape index (κ3) is 2.90. The fraction of sp³-hybridized carbons (Fsp3) is 0.444. The fourth-order valence-corrected chi connectivity index (χ4v) is 1.58. The molecule has 60 valence electrons. The molecule has 0 atom stereocenters. The molecule has 2 heteroatoms. The number of nitriles is 1. The van der Waals surface area contributed by atoms with Crippen molar-refractivity contribution in [2.75, 3.05) is 5.33 Å². The highest BCUT2D eigenvalue weighted by Crippen LogP contribution is 2.29. The van der Waals surface area contributed by atoms with Gasteiger partial charge < -0.3 is 0 Å². The van der Waals surface area contributed by atoms with Crippen molar-refractivity contribution in [3.63, 3.8) is 0 Å². The first kappa shape index (κ1) is 10.4. The molecular formula is C9H12BrN. The summed E-state index contributed by atoms with van der Waals surface area (Å²) in [6.45, 7) is 7.40. The largest absolute Gasteiger partial charge is 0.198 e. The van der Waals surface area contributed by atoms with Gasteiger partial charge in [0.05, 0.1) is 6.07 Å². The van der Waals surface area contributed by atoms with E-state index in [0.717, 1.165) is 11.8 Å². The van der Waals surface area contributed by atoms with Gasteiger partial charge in [0.25, 0.3) is 0 Å². The molecule has 0 bridgehead atoms. The van der Waals surface area contributed by atoms with Crippen LogP contribution in [0.1, 0.15) is 12.8 Å². The Morgan fingerprint density at radius 2 is 2.00 bits per heavy atom. The normalized spacial score (nSPS) is 10.2. The van der Waals surface area contributed by atoms with Crippen molar-refractivity contribution in [3.8, 4) is 6.07 Å². The zero-order chi connectivity index (χ0) is 8.74. The van der Waals surface area contributed by atoms with Crippen LogP contribution in [0.4, 0.5) is 0 Å². The van der Waals surface area contributed by atoms with Crippen LogP contribution in [0.2, 0.25) is 0 Å². The maximum absolute atomic E-state index is 8.53. The minimum atomic E-state index is -0.196. The lowest BCUT2D eigenvalue weighted by atomic mass is 9.83. The monoisotopic (exact) mass is 213 g/mol. The SMILES string of the molecule is C=CC(C=C)(CC#N)CCBr. The summed E-state index contributed by atoms with van der Waals surface area (Å²) in [5.41, 5.74) is -0.196. The molecule has 0 heterocycles. The molecule has 0 aromatic heterocycles. The Hall–Kier alpha value is -0.550. The van der Waals surface area contributed by atoms with Gasteiger partial charge >= 0.3 is 0 Å². The molecule has 0 aromatic carbocycles. The molecule has 0 amide bonds. The van der Waals surface area contributed by atoms with Crippen LogP contribution < -0.4 is 0 Å². The van der Waals surface area contributed by atoms with Crippen LogP contribution in [0, 0.1) is 16.7 Å². The van der Waals surface area contributed by atoms with E-state index in [4.69, 9.17) is 5.26 Å². The summed E-state index contributed by atoms with van der Waals surface area (Å²) in [6, 6.07) is 2.13. The van der Waals surface area contributed by atoms with Gasteiger partial charge in [-0.2, -0.15) is 5.26 Å². The van der Waals surface area contributed by atoms with Crippen LogP contribution >= 0.6 is 15.9 Å². The molecule has 0 aliphatic heterocycles. The van der Waals surface area contributed by atoms with E-state index in [1.807, 2.05) is 0 Å². The smallest absolute Gasteiger partial charge is 0.0634 e. The van der Waals surface area contributed by atoms with Crippen molar-refractivity contribution in [1.29, 1.82) is 5.26 Å². The number of alkyl halides is 1. The van der Waals surface area contributed by atoms with Crippen molar-refractivity contribution < 1.29 is 0 Å². The molecule has 0 radical (unpaired) electrons. The predicted molar refractivity (Wildman–Crippen MR) is 51.5 cm³/mol. The molecule has 0 unspecified atom stereocenters. The minimum absolute atomic E-state index is 0.196. The summed E-state index contributed by atoms with van der Waals surface area (Å²) >= 11 is 3.33. The van der Waals surface area contributed by atoms with Gasteiger partial charge in [-0.15, -0.1) is 13.2 Å². The summed E-state index contributed by atoms with van der Waals surface area (Å²) < 4.78 is 0. The minimum Gasteiger partial charge on any atom is -0.198 e. The number of allylic oxidation sites excluding steroid dienone is 2. The Morgan fingerprint density at radius 1 is 1.45 bits per heavy atom. The van der Waals surface area contributed by atoms with Crippen LogP contribution in [-0.4, -0.2) is 5.33 Å². The van der Waals surface area contributed by atoms with E-state index in [2.05, 4.69) is 35.2 Å². The molecule has 0 saturated carbocycles. The van der Waals surface area contributed by atoms with Gasteiger partial charge in [0.1, 0.15) is 0 Å². The second-order valence-corrected chi connectivity index (χ2v) is 3.21. The van der Waals surface area contributed by atoms with Crippen LogP contribution in [0.15, 0.2) is 25.3 Å². The van der Waals surface area contributed by atoms with Gasteiger partial charge in [0, 0.05) is 17.2 Å². The van der Waals surface area contributed by atoms with E-state index in [1.54, 1.807) is 12.2 Å². The summed E-state index contributed by atoms with van der Waals surface area (Å²) in [6.07, 6.45) is 4.94. The number of hydrogen-bond acceptors (Lipinski definition) is 1. The van der Waals surface area contributed by atoms with Crippen molar-refractivity contribution in [2.45, 2.75) is 12.8 Å². The molecule has 0 N–H and O–H groups in total. The lowest BCUT2D eigenvalue weighted by molar-refractivity contribution is 0.494. The summed E-state index contributed by atoms with van der Waals surface area (Å²) in [7, 11) is 0. The Bertz CT molecular complexity index is 170. The van der Waals surface area contributed by atoms with E-state index < -0.39 is 0 Å². The van der Waals surface area contributed by atoms with Crippen LogP contribution in [0.5, 0.6) is 0 Å². The highest BCUT2D eigenvalue weighted by atomic mass is 79.9. The van der Waals surface area contributed by atoms with Crippen LogP contribution in [-0.2, 0) is 0 Å². The van der Waals surface area contributed by atoms with Gasteiger partial charge in [0.15, 0.2) is 0 Å². The van der Waals surface area contributed by atoms with E-state index in [1.165, 1.54) is 0 Å². The quantitative estimate of drug-likeness (QED) is 0.509. The first-order valence-corrected chi connectivity index (χ1v) is 4.57. The third-order valence-corrected chi connectivity index (χ3v) is 2.18. The first-order chi connectivity index (χ1) is 5.24. The lowest BCUT2D eigenvalue weighted by Gasteiger charge is -2.21. The molecule has 0 saturated heterocycles.